The number of nitrogens with one attached hydrogen (secondary N) is 2. The first-order chi connectivity index (χ1) is 10.0. The highest BCUT2D eigenvalue weighted by atomic mass is 35.5. The van der Waals surface area contributed by atoms with E-state index >= 15 is 0 Å². The molecular weight excluding hydrogens is 315 g/mol. The summed E-state index contributed by atoms with van der Waals surface area (Å²) < 4.78 is 4.85. The summed E-state index contributed by atoms with van der Waals surface area (Å²) in [6, 6.07) is 5.01. The van der Waals surface area contributed by atoms with E-state index in [9.17, 15) is 9.59 Å². The quantitative estimate of drug-likeness (QED) is 0.786. The van der Waals surface area contributed by atoms with E-state index in [1.165, 1.54) is 0 Å². The van der Waals surface area contributed by atoms with Crippen LogP contribution < -0.4 is 10.6 Å². The van der Waals surface area contributed by atoms with Gasteiger partial charge in [-0.3, -0.25) is 9.59 Å². The van der Waals surface area contributed by atoms with Crippen LogP contribution in [0.25, 0.3) is 0 Å². The van der Waals surface area contributed by atoms with Crippen molar-refractivity contribution in [2.24, 2.45) is 11.8 Å². The van der Waals surface area contributed by atoms with Gasteiger partial charge in [-0.15, -0.1) is 0 Å². The van der Waals surface area contributed by atoms with Gasteiger partial charge in [-0.1, -0.05) is 29.3 Å². The predicted octanol–water partition coefficient (Wildman–Crippen LogP) is 2.33. The molecule has 7 heteroatoms. The van der Waals surface area contributed by atoms with E-state index in [2.05, 4.69) is 10.6 Å². The van der Waals surface area contributed by atoms with Crippen molar-refractivity contribution >= 4 is 40.7 Å². The van der Waals surface area contributed by atoms with Gasteiger partial charge < -0.3 is 15.4 Å². The Balaban J connectivity index is 1.86. The third-order valence-electron chi connectivity index (χ3n) is 3.28. The maximum Gasteiger partial charge on any atom is 0.228 e. The molecule has 21 heavy (non-hydrogen) atoms. The monoisotopic (exact) mass is 330 g/mol. The lowest BCUT2D eigenvalue weighted by molar-refractivity contribution is -0.125. The number of carbonyl (C=O) groups excluding carboxylic acids is 2. The van der Waals surface area contributed by atoms with Crippen LogP contribution in [0, 0.1) is 11.8 Å². The molecular formula is C14H16Cl2N2O3. The molecule has 0 aliphatic heterocycles. The van der Waals surface area contributed by atoms with Crippen molar-refractivity contribution in [3.63, 3.8) is 0 Å². The van der Waals surface area contributed by atoms with E-state index < -0.39 is 0 Å². The minimum atomic E-state index is -0.317. The van der Waals surface area contributed by atoms with Gasteiger partial charge in [0.1, 0.15) is 0 Å². The zero-order chi connectivity index (χ0) is 15.4. The smallest absolute Gasteiger partial charge is 0.228 e. The van der Waals surface area contributed by atoms with Gasteiger partial charge in [0.05, 0.1) is 34.2 Å². The first-order valence-electron chi connectivity index (χ1n) is 6.56. The van der Waals surface area contributed by atoms with E-state index in [4.69, 9.17) is 27.9 Å². The summed E-state index contributed by atoms with van der Waals surface area (Å²) in [4.78, 5) is 23.8. The molecule has 1 aromatic rings. The molecule has 114 valence electrons. The molecule has 0 spiro atoms. The largest absolute Gasteiger partial charge is 0.383 e. The lowest BCUT2D eigenvalue weighted by atomic mass is 10.2. The summed E-state index contributed by atoms with van der Waals surface area (Å²) in [5.74, 6) is -0.933. The van der Waals surface area contributed by atoms with E-state index in [1.807, 2.05) is 0 Å². The maximum atomic E-state index is 12.1. The van der Waals surface area contributed by atoms with E-state index in [-0.39, 0.29) is 23.7 Å². The number of halogens is 2. The van der Waals surface area contributed by atoms with Gasteiger partial charge in [0, 0.05) is 13.7 Å². The fraction of sp³-hybridized carbons (Fsp3) is 0.429. The highest BCUT2D eigenvalue weighted by Crippen LogP contribution is 2.40. The Morgan fingerprint density at radius 1 is 1.29 bits per heavy atom. The highest BCUT2D eigenvalue weighted by molar-refractivity contribution is 6.44. The highest BCUT2D eigenvalue weighted by Gasteiger charge is 2.47. The number of anilines is 1. The molecule has 1 fully saturated rings. The SMILES string of the molecule is COCCNC(=O)C1CC1C(=O)Nc1cccc(Cl)c1Cl. The fourth-order valence-electron chi connectivity index (χ4n) is 2.01. The number of hydrogen-bond donors (Lipinski definition) is 2. The Bertz CT molecular complexity index is 551. The summed E-state index contributed by atoms with van der Waals surface area (Å²) in [5.41, 5.74) is 0.458. The molecule has 2 unspecified atom stereocenters. The minimum Gasteiger partial charge on any atom is -0.383 e. The van der Waals surface area contributed by atoms with E-state index in [1.54, 1.807) is 25.3 Å². The molecule has 0 heterocycles. The third-order valence-corrected chi connectivity index (χ3v) is 4.10. The van der Waals surface area contributed by atoms with Gasteiger partial charge >= 0.3 is 0 Å². The Labute approximate surface area is 132 Å². The van der Waals surface area contributed by atoms with Crippen LogP contribution >= 0.6 is 23.2 Å². The molecule has 2 amide bonds. The zero-order valence-electron chi connectivity index (χ0n) is 11.5. The summed E-state index contributed by atoms with van der Waals surface area (Å²) >= 11 is 11.9. The van der Waals surface area contributed by atoms with Crippen LogP contribution in [0.15, 0.2) is 18.2 Å². The number of rotatable bonds is 6. The number of ether oxygens (including phenoxy) is 1. The van der Waals surface area contributed by atoms with Crippen molar-refractivity contribution in [2.75, 3.05) is 25.6 Å². The number of hydrogen-bond acceptors (Lipinski definition) is 3. The van der Waals surface area contributed by atoms with Gasteiger partial charge in [0.15, 0.2) is 0 Å². The lowest BCUT2D eigenvalue weighted by Crippen LogP contribution is -2.30. The molecule has 2 atom stereocenters. The van der Waals surface area contributed by atoms with Crippen molar-refractivity contribution in [3.05, 3.63) is 28.2 Å². The average Bonchev–Trinajstić information content (AvgIpc) is 3.24. The molecule has 1 saturated carbocycles. The summed E-state index contributed by atoms with van der Waals surface area (Å²) in [7, 11) is 1.56. The van der Waals surface area contributed by atoms with Crippen LogP contribution in [-0.2, 0) is 14.3 Å². The van der Waals surface area contributed by atoms with Crippen LogP contribution in [0.1, 0.15) is 6.42 Å². The van der Waals surface area contributed by atoms with Gasteiger partial charge in [-0.05, 0) is 18.6 Å². The number of carbonyl (C=O) groups is 2. The van der Waals surface area contributed by atoms with Crippen LogP contribution in [0.3, 0.4) is 0 Å². The van der Waals surface area contributed by atoms with Crippen molar-refractivity contribution in [3.8, 4) is 0 Å². The topological polar surface area (TPSA) is 67.4 Å². The number of amides is 2. The molecule has 0 aromatic heterocycles. The van der Waals surface area contributed by atoms with Crippen LogP contribution in [-0.4, -0.2) is 32.1 Å². The van der Waals surface area contributed by atoms with Crippen LogP contribution in [0.2, 0.25) is 10.0 Å². The zero-order valence-corrected chi connectivity index (χ0v) is 13.0. The minimum absolute atomic E-state index is 0.121. The number of methoxy groups -OCH3 is 1. The van der Waals surface area contributed by atoms with E-state index in [0.717, 1.165) is 0 Å². The third kappa shape index (κ3) is 4.09. The van der Waals surface area contributed by atoms with Crippen molar-refractivity contribution < 1.29 is 14.3 Å². The van der Waals surface area contributed by atoms with Crippen LogP contribution in [0.5, 0.6) is 0 Å². The summed E-state index contributed by atoms with van der Waals surface area (Å²) in [6.07, 6.45) is 0.544. The predicted molar refractivity (Wildman–Crippen MR) is 81.6 cm³/mol. The fourth-order valence-corrected chi connectivity index (χ4v) is 2.36. The second-order valence-corrected chi connectivity index (χ2v) is 5.61. The molecule has 1 aromatic carbocycles. The molecule has 1 aliphatic rings. The Morgan fingerprint density at radius 2 is 2.00 bits per heavy atom. The summed E-state index contributed by atoms with van der Waals surface area (Å²) in [5, 5.41) is 6.10. The normalized spacial score (nSPS) is 20.0. The lowest BCUT2D eigenvalue weighted by Gasteiger charge is -2.08. The van der Waals surface area contributed by atoms with Crippen molar-refractivity contribution in [2.45, 2.75) is 6.42 Å². The van der Waals surface area contributed by atoms with Gasteiger partial charge in [0.2, 0.25) is 11.8 Å². The first kappa shape index (κ1) is 16.1. The second-order valence-electron chi connectivity index (χ2n) is 4.82. The summed E-state index contributed by atoms with van der Waals surface area (Å²) in [6.45, 7) is 0.897. The first-order valence-corrected chi connectivity index (χ1v) is 7.31. The molecule has 2 N–H and O–H groups in total. The van der Waals surface area contributed by atoms with Gasteiger partial charge in [-0.2, -0.15) is 0 Å². The molecule has 5 nitrogen and oxygen atoms in total. The Kier molecular flexibility index (Phi) is 5.45. The maximum absolute atomic E-state index is 12.1. The standard InChI is InChI=1S/C14H16Cl2N2O3/c1-21-6-5-17-13(19)8-7-9(8)14(20)18-11-4-2-3-10(15)12(11)16/h2-4,8-9H,5-7H2,1H3,(H,17,19)(H,18,20). The molecule has 2 rings (SSSR count). The van der Waals surface area contributed by atoms with Crippen LogP contribution in [0.4, 0.5) is 5.69 Å². The van der Waals surface area contributed by atoms with Gasteiger partial charge in [0.25, 0.3) is 0 Å². The molecule has 0 saturated heterocycles. The van der Waals surface area contributed by atoms with Gasteiger partial charge in [-0.25, -0.2) is 0 Å². The molecule has 0 radical (unpaired) electrons. The van der Waals surface area contributed by atoms with Crippen molar-refractivity contribution in [1.82, 2.24) is 5.32 Å². The Hall–Kier alpha value is -1.30. The Morgan fingerprint density at radius 3 is 2.71 bits per heavy atom. The number of benzene rings is 1. The molecule has 1 aliphatic carbocycles. The second kappa shape index (κ2) is 7.11. The van der Waals surface area contributed by atoms with Crippen molar-refractivity contribution in [1.29, 1.82) is 0 Å². The average molecular weight is 331 g/mol. The van der Waals surface area contributed by atoms with E-state index in [0.29, 0.717) is 35.3 Å². The molecule has 0 bridgehead atoms.